The van der Waals surface area contributed by atoms with Gasteiger partial charge in [-0.05, 0) is 107 Å². The molecule has 3 saturated heterocycles. The lowest BCUT2D eigenvalue weighted by molar-refractivity contribution is -1.15. The Bertz CT molecular complexity index is 2910. The van der Waals surface area contributed by atoms with Gasteiger partial charge >= 0.3 is 12.2 Å². The van der Waals surface area contributed by atoms with E-state index in [0.29, 0.717) is 62.8 Å². The maximum absolute atomic E-state index is 14.0. The number of hydrogen-bond acceptors (Lipinski definition) is 9. The normalized spacial score (nSPS) is 20.3. The first-order valence-corrected chi connectivity index (χ1v) is 22.5. The van der Waals surface area contributed by atoms with E-state index in [2.05, 4.69) is 75.9 Å². The Labute approximate surface area is 375 Å². The van der Waals surface area contributed by atoms with Crippen molar-refractivity contribution in [3.63, 3.8) is 0 Å². The number of aromatic amines is 2. The van der Waals surface area contributed by atoms with Gasteiger partial charge in [0.1, 0.15) is 23.7 Å². The zero-order valence-electron chi connectivity index (χ0n) is 36.4. The molecule has 15 nitrogen and oxygen atoms in total. The molecule has 5 N–H and O–H groups in total. The molecule has 5 unspecified atom stereocenters. The summed E-state index contributed by atoms with van der Waals surface area (Å²) in [6.07, 6.45) is 4.27. The van der Waals surface area contributed by atoms with Crippen LogP contribution in [-0.4, -0.2) is 102 Å². The Kier molecular flexibility index (Phi) is 11.3. The molecular formula is C50H53N8O7+. The predicted octanol–water partition coefficient (Wildman–Crippen LogP) is 9.44. The summed E-state index contributed by atoms with van der Waals surface area (Å²) in [5.74, 6) is 1.16. The number of rotatable bonds is 10. The van der Waals surface area contributed by atoms with Crippen molar-refractivity contribution in [3.05, 3.63) is 120 Å². The number of likely N-dealkylation sites (tertiary alicyclic amines) is 1. The van der Waals surface area contributed by atoms with Gasteiger partial charge in [-0.1, -0.05) is 72.8 Å². The van der Waals surface area contributed by atoms with Crippen LogP contribution in [0.1, 0.15) is 80.8 Å². The molecule has 3 fully saturated rings. The molecular weight excluding hydrogens is 825 g/mol. The third-order valence-electron chi connectivity index (χ3n) is 14.0. The maximum atomic E-state index is 14.0. The molecule has 3 aliphatic rings. The molecule has 65 heavy (non-hydrogen) atoms. The number of H-pyrrole nitrogens is 2. The highest BCUT2D eigenvalue weighted by atomic mass is 16.7. The number of hydrogen-bond donors (Lipinski definition) is 5. The fourth-order valence-electron chi connectivity index (χ4n) is 10.4. The number of quaternary nitrogens is 1. The number of imidazole rings is 2. The molecule has 7 aromatic rings. The Morgan fingerprint density at radius 3 is 2.25 bits per heavy atom. The Morgan fingerprint density at radius 1 is 0.815 bits per heavy atom. The van der Waals surface area contributed by atoms with Gasteiger partial charge in [-0.3, -0.25) is 4.79 Å². The van der Waals surface area contributed by atoms with E-state index < -0.39 is 35.1 Å². The topological polar surface area (TPSA) is 186 Å². The molecule has 3 aliphatic heterocycles. The van der Waals surface area contributed by atoms with Crippen molar-refractivity contribution in [2.45, 2.75) is 69.6 Å². The van der Waals surface area contributed by atoms with Crippen LogP contribution in [0.2, 0.25) is 0 Å². The van der Waals surface area contributed by atoms with Crippen molar-refractivity contribution in [1.29, 1.82) is 0 Å². The Hall–Kier alpha value is -6.65. The lowest BCUT2D eigenvalue weighted by Crippen LogP contribution is -2.67. The first-order chi connectivity index (χ1) is 31.6. The molecule has 2 aromatic heterocycles. The number of nitrogens with zero attached hydrogens (tertiary/aromatic N) is 5. The molecule has 10 rings (SSSR count). The number of ether oxygens (including phenoxy) is 2. The minimum absolute atomic E-state index is 0.0193. The molecule has 0 aliphatic carbocycles. The van der Waals surface area contributed by atoms with Gasteiger partial charge in [0, 0.05) is 36.6 Å². The van der Waals surface area contributed by atoms with E-state index in [0.717, 1.165) is 74.2 Å². The number of alkyl carbamates (subject to hydrolysis) is 1. The minimum atomic E-state index is -1.28. The van der Waals surface area contributed by atoms with E-state index in [1.165, 1.54) is 7.11 Å². The average molecular weight is 878 g/mol. The number of aromatic nitrogens is 4. The van der Waals surface area contributed by atoms with Gasteiger partial charge in [-0.25, -0.2) is 14.8 Å². The van der Waals surface area contributed by atoms with Gasteiger partial charge in [0.25, 0.3) is 5.91 Å². The number of carbonyl (C=O) groups is 3. The van der Waals surface area contributed by atoms with Crippen molar-refractivity contribution in [3.8, 4) is 22.4 Å². The summed E-state index contributed by atoms with van der Waals surface area (Å²) in [6.45, 7) is 3.96. The number of nitrogens with one attached hydrogen (secondary N) is 3. The second kappa shape index (κ2) is 17.4. The highest BCUT2D eigenvalue weighted by molar-refractivity contribution is 6.05. The van der Waals surface area contributed by atoms with Gasteiger partial charge < -0.3 is 34.8 Å². The molecule has 5 aromatic carbocycles. The molecule has 5 heterocycles. The van der Waals surface area contributed by atoms with Crippen LogP contribution in [-0.2, 0) is 14.3 Å². The van der Waals surface area contributed by atoms with Crippen LogP contribution in [0.3, 0.4) is 0 Å². The molecule has 3 amide bonds. The number of carbonyl (C=O) groups excluding carboxylic acids is 2. The quantitative estimate of drug-likeness (QED) is 0.0504. The van der Waals surface area contributed by atoms with Crippen molar-refractivity contribution < 1.29 is 38.9 Å². The minimum Gasteiger partial charge on any atom is -0.453 e. The first kappa shape index (κ1) is 42.3. The summed E-state index contributed by atoms with van der Waals surface area (Å²) in [4.78, 5) is 57.7. The molecule has 0 bridgehead atoms. The maximum Gasteiger partial charge on any atom is 0.568 e. The number of benzene rings is 5. The zero-order valence-corrected chi connectivity index (χ0v) is 36.4. The van der Waals surface area contributed by atoms with Gasteiger partial charge in [-0.15, -0.1) is 5.01 Å². The number of fused-ring (bicyclic) bond motifs is 4. The van der Waals surface area contributed by atoms with E-state index in [4.69, 9.17) is 19.4 Å². The Balaban J connectivity index is 0.870. The second-order valence-electron chi connectivity index (χ2n) is 17.6. The molecule has 0 saturated carbocycles. The van der Waals surface area contributed by atoms with Crippen LogP contribution >= 0.6 is 0 Å². The number of methoxy groups -OCH3 is 1. The second-order valence-corrected chi connectivity index (χ2v) is 17.6. The summed E-state index contributed by atoms with van der Waals surface area (Å²) in [5, 5.41) is 31.0. The average Bonchev–Trinajstić information content (AvgIpc) is 4.19. The fourth-order valence-corrected chi connectivity index (χ4v) is 10.4. The van der Waals surface area contributed by atoms with Gasteiger partial charge in [0.15, 0.2) is 6.04 Å². The van der Waals surface area contributed by atoms with E-state index in [1.807, 2.05) is 49.5 Å². The van der Waals surface area contributed by atoms with E-state index in [1.54, 1.807) is 9.91 Å². The molecule has 15 heteroatoms. The van der Waals surface area contributed by atoms with Crippen LogP contribution in [0.4, 0.5) is 9.59 Å². The number of hydroxylamine groups is 2. The standard InChI is InChI=1S/C50H52N8O7/c1-30(31-20-24-65-25-21-31)58(63,50(61)62)57-23-7-11-43(57)47-52-40-19-17-37-27-36(16-18-39(37)45(40)54-47)33-12-13-35-28-38(15-14-34(35)26-33)41-29-51-46(53-41)42-10-6-22-56(42)48(59)44(55-49(60)64-2)32-8-4-3-5-9-32/h3-5,8-9,12-19,26-31,42-44,63H,6-7,10-11,20-25H2,1-2H3,(H3-,51,52,53,54,55,60,61,62)/p+1. The van der Waals surface area contributed by atoms with E-state index in [9.17, 15) is 24.7 Å². The highest BCUT2D eigenvalue weighted by Crippen LogP contribution is 2.41. The van der Waals surface area contributed by atoms with Crippen molar-refractivity contribution >= 4 is 50.7 Å². The smallest absolute Gasteiger partial charge is 0.453 e. The number of amides is 3. The van der Waals surface area contributed by atoms with Crippen LogP contribution in [0.25, 0.3) is 55.0 Å². The van der Waals surface area contributed by atoms with Crippen LogP contribution < -0.4 is 5.32 Å². The van der Waals surface area contributed by atoms with Crippen LogP contribution in [0, 0.1) is 5.92 Å². The summed E-state index contributed by atoms with van der Waals surface area (Å²) in [5.41, 5.74) is 6.32. The van der Waals surface area contributed by atoms with Crippen LogP contribution in [0.15, 0.2) is 103 Å². The van der Waals surface area contributed by atoms with Crippen molar-refractivity contribution in [2.75, 3.05) is 33.4 Å². The summed E-state index contributed by atoms with van der Waals surface area (Å²) >= 11 is 0. The van der Waals surface area contributed by atoms with Gasteiger partial charge in [0.05, 0.1) is 42.6 Å². The predicted molar refractivity (Wildman–Crippen MR) is 244 cm³/mol. The van der Waals surface area contributed by atoms with E-state index >= 15 is 0 Å². The lowest BCUT2D eigenvalue weighted by atomic mass is 9.92. The van der Waals surface area contributed by atoms with E-state index in [-0.39, 0.29) is 17.9 Å². The molecule has 334 valence electrons. The summed E-state index contributed by atoms with van der Waals surface area (Å²) in [6, 6.07) is 30.4. The van der Waals surface area contributed by atoms with Gasteiger partial charge in [0.2, 0.25) is 0 Å². The first-order valence-electron chi connectivity index (χ1n) is 22.5. The Morgan fingerprint density at radius 2 is 1.49 bits per heavy atom. The molecule has 0 radical (unpaired) electrons. The third-order valence-corrected chi connectivity index (χ3v) is 14.0. The lowest BCUT2D eigenvalue weighted by Gasteiger charge is -2.42. The monoisotopic (exact) mass is 877 g/mol. The number of carboxylic acid groups (broad SMARTS) is 1. The largest absolute Gasteiger partial charge is 0.568 e. The highest BCUT2D eigenvalue weighted by Gasteiger charge is 2.56. The molecule has 0 spiro atoms. The van der Waals surface area contributed by atoms with Crippen LogP contribution in [0.5, 0.6) is 0 Å². The SMILES string of the molecule is COC(=O)NC(C(=O)N1CCCC1c1ncc(-c2ccc3cc(-c4ccc5c(ccc6[nH]c(C7CCCN7[N+](O)(C(=O)O)C(C)C7CCOCC7)nc65)c4)ccc3c2)[nH]1)c1ccccc1. The van der Waals surface area contributed by atoms with Gasteiger partial charge in [-0.2, -0.15) is 10.0 Å². The summed E-state index contributed by atoms with van der Waals surface area (Å²) in [7, 11) is 1.28. The van der Waals surface area contributed by atoms with Crippen molar-refractivity contribution in [2.24, 2.45) is 5.92 Å². The molecule has 5 atom stereocenters. The zero-order chi connectivity index (χ0) is 44.8. The van der Waals surface area contributed by atoms with Crippen molar-refractivity contribution in [1.82, 2.24) is 35.2 Å². The fraction of sp³-hybridized carbons (Fsp3) is 0.340. The third kappa shape index (κ3) is 7.77. The summed E-state index contributed by atoms with van der Waals surface area (Å²) < 4.78 is 9.22.